The van der Waals surface area contributed by atoms with Crippen LogP contribution in [0.5, 0.6) is 11.5 Å². The SMILES string of the molecule is CCNC(=NCc1ccc(OCCCN(C)C)cc1)NCCc1ccccc1OC.I. The van der Waals surface area contributed by atoms with E-state index in [1.807, 2.05) is 30.3 Å². The Kier molecular flexibility index (Phi) is 13.7. The molecule has 0 saturated carbocycles. The van der Waals surface area contributed by atoms with Crippen LogP contribution in [0.1, 0.15) is 24.5 Å². The molecule has 0 aliphatic rings. The van der Waals surface area contributed by atoms with Crippen LogP contribution in [0, 0.1) is 0 Å². The molecule has 0 spiro atoms. The number of methoxy groups -OCH3 is 1. The smallest absolute Gasteiger partial charge is 0.191 e. The summed E-state index contributed by atoms with van der Waals surface area (Å²) < 4.78 is 11.2. The lowest BCUT2D eigenvalue weighted by molar-refractivity contribution is 0.281. The minimum Gasteiger partial charge on any atom is -0.496 e. The third-order valence-electron chi connectivity index (χ3n) is 4.59. The molecule has 2 rings (SSSR count). The van der Waals surface area contributed by atoms with Crippen LogP contribution in [0.15, 0.2) is 53.5 Å². The average Bonchev–Trinajstić information content (AvgIpc) is 2.76. The summed E-state index contributed by atoms with van der Waals surface area (Å²) >= 11 is 0. The van der Waals surface area contributed by atoms with Gasteiger partial charge in [0.2, 0.25) is 0 Å². The van der Waals surface area contributed by atoms with Gasteiger partial charge in [0.1, 0.15) is 11.5 Å². The van der Waals surface area contributed by atoms with E-state index in [2.05, 4.69) is 54.8 Å². The second kappa shape index (κ2) is 15.8. The van der Waals surface area contributed by atoms with Gasteiger partial charge in [-0.05, 0) is 63.2 Å². The first-order valence-corrected chi connectivity index (χ1v) is 10.6. The average molecular weight is 540 g/mol. The molecule has 6 nitrogen and oxygen atoms in total. The number of nitrogens with zero attached hydrogens (tertiary/aromatic N) is 2. The van der Waals surface area contributed by atoms with Crippen molar-refractivity contribution in [2.75, 3.05) is 47.4 Å². The predicted octanol–water partition coefficient (Wildman–Crippen LogP) is 3.94. The quantitative estimate of drug-likeness (QED) is 0.185. The first kappa shape index (κ1) is 27.0. The molecule has 0 amide bonds. The Morgan fingerprint density at radius 3 is 2.45 bits per heavy atom. The van der Waals surface area contributed by atoms with Crippen LogP contribution < -0.4 is 20.1 Å². The summed E-state index contributed by atoms with van der Waals surface area (Å²) in [6.45, 7) is 6.05. The molecule has 0 aromatic heterocycles. The van der Waals surface area contributed by atoms with E-state index in [1.54, 1.807) is 7.11 Å². The maximum atomic E-state index is 5.79. The molecule has 0 radical (unpaired) electrons. The largest absolute Gasteiger partial charge is 0.496 e. The Bertz CT molecular complexity index is 766. The van der Waals surface area contributed by atoms with E-state index in [-0.39, 0.29) is 24.0 Å². The molecule has 0 aliphatic heterocycles. The fourth-order valence-corrected chi connectivity index (χ4v) is 3.00. The van der Waals surface area contributed by atoms with Crippen LogP contribution >= 0.6 is 24.0 Å². The van der Waals surface area contributed by atoms with Gasteiger partial charge in [0.05, 0.1) is 20.3 Å². The van der Waals surface area contributed by atoms with E-state index in [1.165, 1.54) is 5.56 Å². The highest BCUT2D eigenvalue weighted by atomic mass is 127. The van der Waals surface area contributed by atoms with Crippen molar-refractivity contribution in [3.63, 3.8) is 0 Å². The first-order valence-electron chi connectivity index (χ1n) is 10.6. The van der Waals surface area contributed by atoms with E-state index in [0.717, 1.165) is 62.1 Å². The van der Waals surface area contributed by atoms with E-state index >= 15 is 0 Å². The lowest BCUT2D eigenvalue weighted by Gasteiger charge is -2.13. The van der Waals surface area contributed by atoms with Gasteiger partial charge in [-0.15, -0.1) is 24.0 Å². The minimum absolute atomic E-state index is 0. The highest BCUT2D eigenvalue weighted by Gasteiger charge is 2.03. The summed E-state index contributed by atoms with van der Waals surface area (Å²) in [6.07, 6.45) is 1.89. The molecule has 0 unspecified atom stereocenters. The lowest BCUT2D eigenvalue weighted by atomic mass is 10.1. The Morgan fingerprint density at radius 2 is 1.77 bits per heavy atom. The van der Waals surface area contributed by atoms with Crippen LogP contribution in [0.3, 0.4) is 0 Å². The lowest BCUT2D eigenvalue weighted by Crippen LogP contribution is -2.38. The predicted molar refractivity (Wildman–Crippen MR) is 140 cm³/mol. The van der Waals surface area contributed by atoms with Gasteiger partial charge in [-0.25, -0.2) is 4.99 Å². The van der Waals surface area contributed by atoms with Crippen molar-refractivity contribution in [3.05, 3.63) is 59.7 Å². The molecule has 0 aliphatic carbocycles. The zero-order valence-corrected chi connectivity index (χ0v) is 21.5. The van der Waals surface area contributed by atoms with Crippen LogP contribution in [0.25, 0.3) is 0 Å². The molecule has 0 heterocycles. The first-order chi connectivity index (χ1) is 14.6. The van der Waals surface area contributed by atoms with Crippen molar-refractivity contribution in [1.29, 1.82) is 0 Å². The zero-order chi connectivity index (χ0) is 21.6. The topological polar surface area (TPSA) is 58.1 Å². The number of aliphatic imine (C=N–C) groups is 1. The molecule has 0 fully saturated rings. The summed E-state index contributed by atoms with van der Waals surface area (Å²) in [7, 11) is 5.85. The fraction of sp³-hybridized carbons (Fsp3) is 0.458. The van der Waals surface area contributed by atoms with Crippen molar-refractivity contribution in [3.8, 4) is 11.5 Å². The standard InChI is InChI=1S/C24H36N4O2.HI/c1-5-25-24(26-16-15-21-9-6-7-10-23(21)29-4)27-19-20-11-13-22(14-12-20)30-18-8-17-28(2)3;/h6-7,9-14H,5,8,15-19H2,1-4H3,(H2,25,26,27);1H. The number of guanidine groups is 1. The summed E-state index contributed by atoms with van der Waals surface area (Å²) in [4.78, 5) is 6.86. The number of nitrogens with one attached hydrogen (secondary N) is 2. The molecule has 172 valence electrons. The Balaban J connectivity index is 0.00000480. The van der Waals surface area contributed by atoms with Gasteiger partial charge >= 0.3 is 0 Å². The summed E-state index contributed by atoms with van der Waals surface area (Å²) in [5.41, 5.74) is 2.34. The van der Waals surface area contributed by atoms with Crippen LogP contribution in [0.4, 0.5) is 0 Å². The zero-order valence-electron chi connectivity index (χ0n) is 19.2. The van der Waals surface area contributed by atoms with Crippen molar-refractivity contribution >= 4 is 29.9 Å². The van der Waals surface area contributed by atoms with Crippen LogP contribution in [0.2, 0.25) is 0 Å². The van der Waals surface area contributed by atoms with Gasteiger partial charge < -0.3 is 25.0 Å². The second-order valence-electron chi connectivity index (χ2n) is 7.33. The normalized spacial score (nSPS) is 11.1. The van der Waals surface area contributed by atoms with Crippen molar-refractivity contribution in [1.82, 2.24) is 15.5 Å². The van der Waals surface area contributed by atoms with Crippen molar-refractivity contribution in [2.45, 2.75) is 26.3 Å². The molecule has 31 heavy (non-hydrogen) atoms. The second-order valence-corrected chi connectivity index (χ2v) is 7.33. The van der Waals surface area contributed by atoms with E-state index < -0.39 is 0 Å². The van der Waals surface area contributed by atoms with E-state index in [4.69, 9.17) is 14.5 Å². The molecule has 2 aromatic carbocycles. The highest BCUT2D eigenvalue weighted by Crippen LogP contribution is 2.17. The fourth-order valence-electron chi connectivity index (χ4n) is 3.00. The Morgan fingerprint density at radius 1 is 1.03 bits per heavy atom. The number of para-hydroxylation sites is 1. The van der Waals surface area contributed by atoms with Gasteiger partial charge in [0, 0.05) is 19.6 Å². The molecule has 0 atom stereocenters. The number of hydrogen-bond acceptors (Lipinski definition) is 4. The number of rotatable bonds is 12. The Labute approximate surface area is 204 Å². The summed E-state index contributed by atoms with van der Waals surface area (Å²) in [5, 5.41) is 6.70. The maximum absolute atomic E-state index is 5.79. The molecule has 2 N–H and O–H groups in total. The van der Waals surface area contributed by atoms with Crippen LogP contribution in [-0.4, -0.2) is 58.3 Å². The summed E-state index contributed by atoms with van der Waals surface area (Å²) in [6, 6.07) is 16.3. The molecule has 2 aromatic rings. The van der Waals surface area contributed by atoms with Gasteiger partial charge in [-0.1, -0.05) is 30.3 Å². The molecule has 0 bridgehead atoms. The molecule has 0 saturated heterocycles. The third-order valence-corrected chi connectivity index (χ3v) is 4.59. The van der Waals surface area contributed by atoms with Gasteiger partial charge in [-0.3, -0.25) is 0 Å². The number of benzene rings is 2. The number of ether oxygens (including phenoxy) is 2. The monoisotopic (exact) mass is 540 g/mol. The van der Waals surface area contributed by atoms with Gasteiger partial charge in [0.15, 0.2) is 5.96 Å². The maximum Gasteiger partial charge on any atom is 0.191 e. The minimum atomic E-state index is 0. The molecular weight excluding hydrogens is 503 g/mol. The van der Waals surface area contributed by atoms with Crippen molar-refractivity contribution in [2.24, 2.45) is 4.99 Å². The summed E-state index contributed by atoms with van der Waals surface area (Å²) in [5.74, 6) is 2.64. The molecule has 7 heteroatoms. The third kappa shape index (κ3) is 10.7. The Hall–Kier alpha value is -2.00. The number of halogens is 1. The number of hydrogen-bond donors (Lipinski definition) is 2. The van der Waals surface area contributed by atoms with Gasteiger partial charge in [0.25, 0.3) is 0 Å². The highest BCUT2D eigenvalue weighted by molar-refractivity contribution is 14.0. The van der Waals surface area contributed by atoms with Crippen LogP contribution in [-0.2, 0) is 13.0 Å². The molecular formula is C24H37IN4O2. The van der Waals surface area contributed by atoms with E-state index in [0.29, 0.717) is 6.54 Å². The van der Waals surface area contributed by atoms with E-state index in [9.17, 15) is 0 Å². The van der Waals surface area contributed by atoms with Crippen molar-refractivity contribution < 1.29 is 9.47 Å². The van der Waals surface area contributed by atoms with Gasteiger partial charge in [-0.2, -0.15) is 0 Å².